The highest BCUT2D eigenvalue weighted by molar-refractivity contribution is 9.10. The number of halogens is 1. The molecule has 2 rings (SSSR count). The maximum absolute atomic E-state index is 12.4. The van der Waals surface area contributed by atoms with Gasteiger partial charge in [-0.2, -0.15) is 0 Å². The molecule has 0 saturated heterocycles. The number of hydrogen-bond donors (Lipinski definition) is 1. The number of anilines is 1. The van der Waals surface area contributed by atoms with Crippen LogP contribution < -0.4 is 10.1 Å². The van der Waals surface area contributed by atoms with Gasteiger partial charge in [-0.1, -0.05) is 0 Å². The summed E-state index contributed by atoms with van der Waals surface area (Å²) in [4.78, 5) is 12.4. The van der Waals surface area contributed by atoms with E-state index in [1.54, 1.807) is 26.4 Å². The summed E-state index contributed by atoms with van der Waals surface area (Å²) in [5.41, 5.74) is 1.25. The molecule has 1 heterocycles. The third kappa shape index (κ3) is 3.86. The number of amides is 1. The van der Waals surface area contributed by atoms with Crippen molar-refractivity contribution in [1.82, 2.24) is 4.57 Å². The zero-order valence-corrected chi connectivity index (χ0v) is 13.5. The first kappa shape index (κ1) is 15.6. The first-order valence-corrected chi connectivity index (χ1v) is 7.24. The lowest BCUT2D eigenvalue weighted by molar-refractivity contribution is 0.101. The molecule has 0 spiro atoms. The number of benzene rings is 1. The Morgan fingerprint density at radius 2 is 2.14 bits per heavy atom. The molecule has 1 aromatic carbocycles. The van der Waals surface area contributed by atoms with Gasteiger partial charge < -0.3 is 19.4 Å². The second-order valence-corrected chi connectivity index (χ2v) is 5.23. The van der Waals surface area contributed by atoms with Gasteiger partial charge >= 0.3 is 0 Å². The standard InChI is InChI=1S/C15H17BrN2O3/c1-20-9-8-18-7-3-4-14(18)15(19)17-13-10-11(21-2)5-6-12(13)16/h3-7,10H,8-9H2,1-2H3,(H,17,19). The van der Waals surface area contributed by atoms with E-state index in [0.29, 0.717) is 30.3 Å². The van der Waals surface area contributed by atoms with Crippen molar-refractivity contribution in [2.75, 3.05) is 26.1 Å². The van der Waals surface area contributed by atoms with Crippen molar-refractivity contribution in [3.63, 3.8) is 0 Å². The van der Waals surface area contributed by atoms with E-state index < -0.39 is 0 Å². The van der Waals surface area contributed by atoms with Gasteiger partial charge in [0.1, 0.15) is 11.4 Å². The summed E-state index contributed by atoms with van der Waals surface area (Å²) >= 11 is 3.41. The predicted octanol–water partition coefficient (Wildman–Crippen LogP) is 3.16. The summed E-state index contributed by atoms with van der Waals surface area (Å²) in [6.07, 6.45) is 1.86. The van der Waals surface area contributed by atoms with Crippen LogP contribution in [0, 0.1) is 0 Å². The Morgan fingerprint density at radius 3 is 2.86 bits per heavy atom. The molecule has 0 fully saturated rings. The Hall–Kier alpha value is -1.79. The van der Waals surface area contributed by atoms with Crippen molar-refractivity contribution in [3.8, 4) is 5.75 Å². The fraction of sp³-hybridized carbons (Fsp3) is 0.267. The van der Waals surface area contributed by atoms with Gasteiger partial charge in [0.25, 0.3) is 5.91 Å². The highest BCUT2D eigenvalue weighted by Gasteiger charge is 2.13. The summed E-state index contributed by atoms with van der Waals surface area (Å²) in [5.74, 6) is 0.508. The third-order valence-corrected chi connectivity index (χ3v) is 3.71. The molecule has 0 bridgehead atoms. The van der Waals surface area contributed by atoms with Crippen molar-refractivity contribution >= 4 is 27.5 Å². The highest BCUT2D eigenvalue weighted by atomic mass is 79.9. The predicted molar refractivity (Wildman–Crippen MR) is 85.0 cm³/mol. The molecule has 1 aromatic heterocycles. The molecule has 1 amide bonds. The van der Waals surface area contributed by atoms with Gasteiger partial charge in [-0.15, -0.1) is 0 Å². The minimum atomic E-state index is -0.176. The summed E-state index contributed by atoms with van der Waals surface area (Å²) in [5, 5.41) is 2.88. The topological polar surface area (TPSA) is 52.5 Å². The fourth-order valence-electron chi connectivity index (χ4n) is 1.92. The van der Waals surface area contributed by atoms with Crippen LogP contribution in [0.3, 0.4) is 0 Å². The lowest BCUT2D eigenvalue weighted by atomic mass is 10.3. The molecule has 1 N–H and O–H groups in total. The average molecular weight is 353 g/mol. The molecule has 0 aliphatic rings. The SMILES string of the molecule is COCCn1cccc1C(=O)Nc1cc(OC)ccc1Br. The minimum Gasteiger partial charge on any atom is -0.497 e. The lowest BCUT2D eigenvalue weighted by Crippen LogP contribution is -2.18. The number of rotatable bonds is 6. The number of methoxy groups -OCH3 is 2. The van der Waals surface area contributed by atoms with Crippen LogP contribution in [0.1, 0.15) is 10.5 Å². The Morgan fingerprint density at radius 1 is 1.33 bits per heavy atom. The van der Waals surface area contributed by atoms with Crippen molar-refractivity contribution < 1.29 is 14.3 Å². The van der Waals surface area contributed by atoms with Gasteiger partial charge in [0.05, 0.1) is 19.4 Å². The molecule has 0 radical (unpaired) electrons. The first-order chi connectivity index (χ1) is 10.2. The van der Waals surface area contributed by atoms with Crippen LogP contribution in [0.4, 0.5) is 5.69 Å². The van der Waals surface area contributed by atoms with Crippen molar-refractivity contribution in [3.05, 3.63) is 46.7 Å². The van der Waals surface area contributed by atoms with Gasteiger partial charge in [-0.05, 0) is 40.2 Å². The van der Waals surface area contributed by atoms with E-state index in [-0.39, 0.29) is 5.91 Å². The molecular weight excluding hydrogens is 336 g/mol. The van der Waals surface area contributed by atoms with Crippen LogP contribution in [-0.2, 0) is 11.3 Å². The molecule has 0 aliphatic carbocycles. The van der Waals surface area contributed by atoms with Crippen molar-refractivity contribution in [2.45, 2.75) is 6.54 Å². The van der Waals surface area contributed by atoms with Gasteiger partial charge in [-0.25, -0.2) is 0 Å². The summed E-state index contributed by atoms with van der Waals surface area (Å²) < 4.78 is 12.9. The number of carbonyl (C=O) groups is 1. The van der Waals surface area contributed by atoms with E-state index >= 15 is 0 Å². The molecule has 6 heteroatoms. The largest absolute Gasteiger partial charge is 0.497 e. The number of ether oxygens (including phenoxy) is 2. The normalized spacial score (nSPS) is 10.4. The van der Waals surface area contributed by atoms with Gasteiger partial charge in [0.2, 0.25) is 0 Å². The molecule has 0 unspecified atom stereocenters. The monoisotopic (exact) mass is 352 g/mol. The maximum Gasteiger partial charge on any atom is 0.272 e. The number of nitrogens with one attached hydrogen (secondary N) is 1. The molecule has 21 heavy (non-hydrogen) atoms. The molecule has 5 nitrogen and oxygen atoms in total. The zero-order chi connectivity index (χ0) is 15.2. The second kappa shape index (κ2) is 7.28. The number of nitrogens with zero attached hydrogens (tertiary/aromatic N) is 1. The summed E-state index contributed by atoms with van der Waals surface area (Å²) in [6, 6.07) is 9.04. The van der Waals surface area contributed by atoms with E-state index in [1.807, 2.05) is 29.0 Å². The van der Waals surface area contributed by atoms with Crippen LogP contribution >= 0.6 is 15.9 Å². The molecular formula is C15H17BrN2O3. The minimum absolute atomic E-state index is 0.176. The number of hydrogen-bond acceptors (Lipinski definition) is 3. The lowest BCUT2D eigenvalue weighted by Gasteiger charge is -2.11. The number of carbonyl (C=O) groups excluding carboxylic acids is 1. The molecule has 0 aliphatic heterocycles. The van der Waals surface area contributed by atoms with E-state index in [0.717, 1.165) is 4.47 Å². The van der Waals surface area contributed by atoms with E-state index in [1.165, 1.54) is 0 Å². The van der Waals surface area contributed by atoms with Crippen LogP contribution in [0.5, 0.6) is 5.75 Å². The maximum atomic E-state index is 12.4. The second-order valence-electron chi connectivity index (χ2n) is 4.38. The Balaban J connectivity index is 2.16. The summed E-state index contributed by atoms with van der Waals surface area (Å²) in [6.45, 7) is 1.18. The average Bonchev–Trinajstić information content (AvgIpc) is 2.95. The van der Waals surface area contributed by atoms with Crippen molar-refractivity contribution in [1.29, 1.82) is 0 Å². The fourth-order valence-corrected chi connectivity index (χ4v) is 2.26. The van der Waals surface area contributed by atoms with Gasteiger partial charge in [0, 0.05) is 30.4 Å². The zero-order valence-electron chi connectivity index (χ0n) is 11.9. The van der Waals surface area contributed by atoms with E-state index in [2.05, 4.69) is 21.2 Å². The highest BCUT2D eigenvalue weighted by Crippen LogP contribution is 2.27. The Kier molecular flexibility index (Phi) is 5.41. The van der Waals surface area contributed by atoms with E-state index in [4.69, 9.17) is 9.47 Å². The first-order valence-electron chi connectivity index (χ1n) is 6.44. The molecule has 112 valence electrons. The van der Waals surface area contributed by atoms with Crippen LogP contribution in [-0.4, -0.2) is 31.3 Å². The number of aromatic nitrogens is 1. The third-order valence-electron chi connectivity index (χ3n) is 3.02. The molecule has 2 aromatic rings. The van der Waals surface area contributed by atoms with Crippen LogP contribution in [0.15, 0.2) is 41.0 Å². The van der Waals surface area contributed by atoms with E-state index in [9.17, 15) is 4.79 Å². The van der Waals surface area contributed by atoms with Gasteiger partial charge in [-0.3, -0.25) is 4.79 Å². The molecule has 0 atom stereocenters. The Bertz CT molecular complexity index is 625. The van der Waals surface area contributed by atoms with Gasteiger partial charge in [0.15, 0.2) is 0 Å². The van der Waals surface area contributed by atoms with Crippen molar-refractivity contribution in [2.24, 2.45) is 0 Å². The molecule has 0 saturated carbocycles. The Labute approximate surface area is 132 Å². The summed E-state index contributed by atoms with van der Waals surface area (Å²) in [7, 11) is 3.22. The van der Waals surface area contributed by atoms with Crippen LogP contribution in [0.25, 0.3) is 0 Å². The van der Waals surface area contributed by atoms with Crippen LogP contribution in [0.2, 0.25) is 0 Å². The quantitative estimate of drug-likeness (QED) is 0.868. The smallest absolute Gasteiger partial charge is 0.272 e.